The van der Waals surface area contributed by atoms with Gasteiger partial charge in [-0.1, -0.05) is 18.2 Å². The Hall–Kier alpha value is -1.95. The van der Waals surface area contributed by atoms with Crippen LogP contribution >= 0.6 is 0 Å². The fraction of sp³-hybridized carbons (Fsp3) is 0.286. The number of fused-ring (bicyclic) bond motifs is 1. The highest BCUT2D eigenvalue weighted by molar-refractivity contribution is 7.85. The Morgan fingerprint density at radius 3 is 2.60 bits per heavy atom. The van der Waals surface area contributed by atoms with E-state index in [9.17, 15) is 13.8 Å². The van der Waals surface area contributed by atoms with E-state index in [1.54, 1.807) is 24.3 Å². The van der Waals surface area contributed by atoms with Gasteiger partial charge in [0.25, 0.3) is 5.56 Å². The van der Waals surface area contributed by atoms with Crippen LogP contribution in [0.4, 0.5) is 0 Å². The summed E-state index contributed by atoms with van der Waals surface area (Å²) in [6.45, 7) is 1.41. The summed E-state index contributed by atoms with van der Waals surface area (Å²) in [5.74, 6) is 0.241. The molecule has 1 aliphatic rings. The van der Waals surface area contributed by atoms with Gasteiger partial charge in [0.05, 0.1) is 22.2 Å². The molecule has 0 spiro atoms. The summed E-state index contributed by atoms with van der Waals surface area (Å²) in [4.78, 5) is 24.8. The van der Waals surface area contributed by atoms with Gasteiger partial charge in [-0.3, -0.25) is 13.8 Å². The summed E-state index contributed by atoms with van der Waals surface area (Å²) in [6.07, 6.45) is 1.33. The van der Waals surface area contributed by atoms with E-state index in [1.807, 2.05) is 6.07 Å². The zero-order valence-corrected chi connectivity index (χ0v) is 11.9. The maximum atomic E-state index is 12.5. The van der Waals surface area contributed by atoms with Crippen molar-refractivity contribution in [3.63, 3.8) is 0 Å². The Labute approximate surface area is 118 Å². The van der Waals surface area contributed by atoms with Gasteiger partial charge in [-0.25, -0.2) is 9.36 Å². The molecule has 0 aliphatic carbocycles. The Balaban J connectivity index is 2.38. The minimum atomic E-state index is -1.31. The second-order valence-corrected chi connectivity index (χ2v) is 6.22. The van der Waals surface area contributed by atoms with Gasteiger partial charge in [0.1, 0.15) is 4.90 Å². The van der Waals surface area contributed by atoms with Crippen LogP contribution in [0.5, 0.6) is 0 Å². The smallest absolute Gasteiger partial charge is 0.273 e. The molecule has 104 valence electrons. The molecule has 6 heteroatoms. The fourth-order valence-corrected chi connectivity index (χ4v) is 3.92. The topological polar surface area (TPSA) is 61.1 Å². The molecule has 0 saturated carbocycles. The highest BCUT2D eigenvalue weighted by Gasteiger charge is 2.29. The first kappa shape index (κ1) is 13.1. The van der Waals surface area contributed by atoms with Crippen molar-refractivity contribution in [2.24, 2.45) is 0 Å². The molecule has 1 aromatic carbocycles. The molecule has 0 saturated heterocycles. The first-order valence-electron chi connectivity index (χ1n) is 6.43. The SMILES string of the molecule is CC(=O)n1c2c(c(=O)n1-c1ccccc1)[S@](=O)CCC2. The monoisotopic (exact) mass is 290 g/mol. The molecular formula is C14H14N2O3S. The molecule has 1 atom stereocenters. The van der Waals surface area contributed by atoms with Crippen molar-refractivity contribution in [2.75, 3.05) is 5.75 Å². The number of para-hydroxylation sites is 1. The summed E-state index contributed by atoms with van der Waals surface area (Å²) in [5.41, 5.74) is 0.856. The van der Waals surface area contributed by atoms with Gasteiger partial charge in [-0.15, -0.1) is 0 Å². The number of carbonyl (C=O) groups excluding carboxylic acids is 1. The summed E-state index contributed by atoms with van der Waals surface area (Å²) in [6, 6.07) is 8.96. The van der Waals surface area contributed by atoms with Crippen LogP contribution < -0.4 is 5.56 Å². The highest BCUT2D eigenvalue weighted by Crippen LogP contribution is 2.21. The standard InChI is InChI=1S/C14H14N2O3S/c1-10(17)15-12-8-5-9-20(19)13(12)14(18)16(15)11-6-3-2-4-7-11/h2-4,6-7H,5,8-9H2,1H3/t20-/m1/s1. The molecule has 0 N–H and O–H groups in total. The molecule has 5 nitrogen and oxygen atoms in total. The van der Waals surface area contributed by atoms with Gasteiger partial charge in [-0.2, -0.15) is 0 Å². The van der Waals surface area contributed by atoms with Crippen molar-refractivity contribution < 1.29 is 9.00 Å². The molecule has 0 amide bonds. The number of carbonyl (C=O) groups is 1. The summed E-state index contributed by atoms with van der Waals surface area (Å²) in [7, 11) is -1.31. The van der Waals surface area contributed by atoms with E-state index >= 15 is 0 Å². The lowest BCUT2D eigenvalue weighted by atomic mass is 10.2. The zero-order valence-electron chi connectivity index (χ0n) is 11.0. The fourth-order valence-electron chi connectivity index (χ4n) is 2.58. The third-order valence-electron chi connectivity index (χ3n) is 3.37. The van der Waals surface area contributed by atoms with Crippen LogP contribution in [0.25, 0.3) is 5.69 Å². The number of hydrogen-bond acceptors (Lipinski definition) is 3. The lowest BCUT2D eigenvalue weighted by Crippen LogP contribution is -2.25. The molecule has 2 aromatic rings. The van der Waals surface area contributed by atoms with E-state index in [0.29, 0.717) is 23.6 Å². The first-order chi connectivity index (χ1) is 9.61. The van der Waals surface area contributed by atoms with E-state index < -0.39 is 10.8 Å². The minimum Gasteiger partial charge on any atom is -0.273 e. The number of aromatic nitrogens is 2. The van der Waals surface area contributed by atoms with Gasteiger partial charge in [0.15, 0.2) is 0 Å². The number of hydrogen-bond donors (Lipinski definition) is 0. The van der Waals surface area contributed by atoms with Gasteiger partial charge < -0.3 is 0 Å². The normalized spacial score (nSPS) is 17.8. The first-order valence-corrected chi connectivity index (χ1v) is 7.75. The lowest BCUT2D eigenvalue weighted by Gasteiger charge is -2.13. The van der Waals surface area contributed by atoms with Crippen molar-refractivity contribution >= 4 is 16.7 Å². The van der Waals surface area contributed by atoms with E-state index in [2.05, 4.69) is 0 Å². The zero-order chi connectivity index (χ0) is 14.3. The molecule has 0 radical (unpaired) electrons. The van der Waals surface area contributed by atoms with E-state index in [0.717, 1.165) is 6.42 Å². The molecular weight excluding hydrogens is 276 g/mol. The maximum Gasteiger partial charge on any atom is 0.288 e. The van der Waals surface area contributed by atoms with Crippen LogP contribution in [-0.4, -0.2) is 25.2 Å². The van der Waals surface area contributed by atoms with E-state index in [1.165, 1.54) is 16.3 Å². The summed E-state index contributed by atoms with van der Waals surface area (Å²) in [5, 5.41) is 0. The molecule has 1 aromatic heterocycles. The molecule has 2 heterocycles. The highest BCUT2D eigenvalue weighted by atomic mass is 32.2. The summed E-state index contributed by atoms with van der Waals surface area (Å²) < 4.78 is 14.8. The Morgan fingerprint density at radius 1 is 1.25 bits per heavy atom. The average Bonchev–Trinajstić information content (AvgIpc) is 2.74. The largest absolute Gasteiger partial charge is 0.288 e. The minimum absolute atomic E-state index is 0.244. The molecule has 3 rings (SSSR count). The van der Waals surface area contributed by atoms with Crippen LogP contribution in [0, 0.1) is 0 Å². The lowest BCUT2D eigenvalue weighted by molar-refractivity contribution is 0.0907. The van der Waals surface area contributed by atoms with Gasteiger partial charge >= 0.3 is 0 Å². The second-order valence-electron chi connectivity index (χ2n) is 4.71. The third kappa shape index (κ3) is 1.87. The van der Waals surface area contributed by atoms with E-state index in [-0.39, 0.29) is 16.4 Å². The van der Waals surface area contributed by atoms with Gasteiger partial charge in [0, 0.05) is 12.7 Å². The second kappa shape index (κ2) is 4.86. The number of benzene rings is 1. The average molecular weight is 290 g/mol. The van der Waals surface area contributed by atoms with Gasteiger partial charge in [-0.05, 0) is 25.0 Å². The Bertz CT molecular complexity index is 759. The molecule has 20 heavy (non-hydrogen) atoms. The van der Waals surface area contributed by atoms with Crippen molar-refractivity contribution in [3.05, 3.63) is 46.4 Å². The third-order valence-corrected chi connectivity index (χ3v) is 4.90. The molecule has 0 bridgehead atoms. The Kier molecular flexibility index (Phi) is 3.17. The Morgan fingerprint density at radius 2 is 1.95 bits per heavy atom. The van der Waals surface area contributed by atoms with E-state index in [4.69, 9.17) is 0 Å². The molecule has 0 unspecified atom stereocenters. The number of nitrogens with zero attached hydrogens (tertiary/aromatic N) is 2. The van der Waals surface area contributed by atoms with Crippen LogP contribution in [0.15, 0.2) is 40.0 Å². The van der Waals surface area contributed by atoms with Crippen molar-refractivity contribution in [1.29, 1.82) is 0 Å². The molecule has 0 fully saturated rings. The predicted octanol–water partition coefficient (Wildman–Crippen LogP) is 1.35. The van der Waals surface area contributed by atoms with Gasteiger partial charge in [0.2, 0.25) is 5.91 Å². The predicted molar refractivity (Wildman–Crippen MR) is 75.9 cm³/mol. The van der Waals surface area contributed by atoms with Crippen LogP contribution in [-0.2, 0) is 17.2 Å². The quantitative estimate of drug-likeness (QED) is 0.796. The van der Waals surface area contributed by atoms with Crippen molar-refractivity contribution in [3.8, 4) is 5.69 Å². The number of rotatable bonds is 1. The molecule has 1 aliphatic heterocycles. The van der Waals surface area contributed by atoms with Crippen LogP contribution in [0.3, 0.4) is 0 Å². The van der Waals surface area contributed by atoms with Crippen LogP contribution in [0.1, 0.15) is 23.8 Å². The van der Waals surface area contributed by atoms with Crippen LogP contribution in [0.2, 0.25) is 0 Å². The van der Waals surface area contributed by atoms with Crippen molar-refractivity contribution in [2.45, 2.75) is 24.7 Å². The summed E-state index contributed by atoms with van der Waals surface area (Å²) >= 11 is 0. The van der Waals surface area contributed by atoms with Crippen molar-refractivity contribution in [1.82, 2.24) is 9.36 Å². The maximum absolute atomic E-state index is 12.5.